The fourth-order valence-corrected chi connectivity index (χ4v) is 3.26. The van der Waals surface area contributed by atoms with Crippen LogP contribution < -0.4 is 10.6 Å². The van der Waals surface area contributed by atoms with Gasteiger partial charge in [-0.2, -0.15) is 0 Å². The molecule has 2 aromatic rings. The third-order valence-electron chi connectivity index (χ3n) is 4.96. The third kappa shape index (κ3) is 4.60. The van der Waals surface area contributed by atoms with Crippen LogP contribution in [0.25, 0.3) is 0 Å². The van der Waals surface area contributed by atoms with Gasteiger partial charge in [0.05, 0.1) is 0 Å². The van der Waals surface area contributed by atoms with E-state index in [1.54, 1.807) is 0 Å². The number of urea groups is 1. The Morgan fingerprint density at radius 1 is 1.00 bits per heavy atom. The lowest BCUT2D eigenvalue weighted by atomic mass is 9.94. The minimum Gasteiger partial charge on any atom is -0.336 e. The highest BCUT2D eigenvalue weighted by atomic mass is 16.2. The van der Waals surface area contributed by atoms with Crippen LogP contribution in [0.15, 0.2) is 54.6 Å². The summed E-state index contributed by atoms with van der Waals surface area (Å²) in [6.45, 7) is 7.52. The second-order valence-corrected chi connectivity index (χ2v) is 7.27. The van der Waals surface area contributed by atoms with Crippen LogP contribution in [0.2, 0.25) is 0 Å². The van der Waals surface area contributed by atoms with Crippen molar-refractivity contribution >= 4 is 6.03 Å². The van der Waals surface area contributed by atoms with Crippen molar-refractivity contribution in [1.82, 2.24) is 15.5 Å². The van der Waals surface area contributed by atoms with Gasteiger partial charge < -0.3 is 10.6 Å². The zero-order valence-electron chi connectivity index (χ0n) is 15.1. The Balaban J connectivity index is 1.49. The fourth-order valence-electron chi connectivity index (χ4n) is 3.26. The quantitative estimate of drug-likeness (QED) is 0.879. The number of nitrogens with one attached hydrogen (secondary N) is 2. The lowest BCUT2D eigenvalue weighted by Crippen LogP contribution is -2.54. The number of hydrogen-bond donors (Lipinski definition) is 2. The topological polar surface area (TPSA) is 44.4 Å². The first-order chi connectivity index (χ1) is 12.0. The molecule has 1 heterocycles. The van der Waals surface area contributed by atoms with E-state index in [0.717, 1.165) is 25.1 Å². The van der Waals surface area contributed by atoms with Crippen molar-refractivity contribution in [3.05, 3.63) is 71.3 Å². The molecule has 2 amide bonds. The van der Waals surface area contributed by atoms with Gasteiger partial charge in [0, 0.05) is 31.7 Å². The number of amides is 2. The van der Waals surface area contributed by atoms with E-state index in [4.69, 9.17) is 0 Å². The molecule has 2 N–H and O–H groups in total. The van der Waals surface area contributed by atoms with Crippen molar-refractivity contribution < 1.29 is 4.79 Å². The maximum atomic E-state index is 12.1. The van der Waals surface area contributed by atoms with Crippen molar-refractivity contribution in [2.24, 2.45) is 0 Å². The lowest BCUT2D eigenvalue weighted by Gasteiger charge is -2.41. The SMILES string of the molecule is CC(C)(CNC(=O)NCc1ccccc1)N1CCc2ccccc2C1. The molecule has 0 radical (unpaired) electrons. The monoisotopic (exact) mass is 337 g/mol. The summed E-state index contributed by atoms with van der Waals surface area (Å²) in [4.78, 5) is 14.6. The third-order valence-corrected chi connectivity index (χ3v) is 4.96. The summed E-state index contributed by atoms with van der Waals surface area (Å²) >= 11 is 0. The number of nitrogens with zero attached hydrogens (tertiary/aromatic N) is 1. The van der Waals surface area contributed by atoms with Crippen LogP contribution in [0.3, 0.4) is 0 Å². The number of rotatable bonds is 5. The van der Waals surface area contributed by atoms with Crippen molar-refractivity contribution in [3.8, 4) is 0 Å². The standard InChI is InChI=1S/C21H27N3O/c1-21(2,24-13-12-18-10-6-7-11-19(18)15-24)16-23-20(25)22-14-17-8-4-3-5-9-17/h3-11H,12-16H2,1-2H3,(H2,22,23,25). The molecule has 3 rings (SSSR count). The van der Waals surface area contributed by atoms with Gasteiger partial charge in [0.15, 0.2) is 0 Å². The van der Waals surface area contributed by atoms with Gasteiger partial charge in [-0.1, -0.05) is 54.6 Å². The summed E-state index contributed by atoms with van der Waals surface area (Å²) in [6.07, 6.45) is 1.07. The molecule has 4 nitrogen and oxygen atoms in total. The molecule has 0 aromatic heterocycles. The van der Waals surface area contributed by atoms with Crippen molar-refractivity contribution in [2.45, 2.75) is 38.9 Å². The molecule has 1 aliphatic rings. The highest BCUT2D eigenvalue weighted by molar-refractivity contribution is 5.73. The first-order valence-electron chi connectivity index (χ1n) is 8.92. The normalized spacial score (nSPS) is 14.6. The van der Waals surface area contributed by atoms with Crippen LogP contribution in [0.4, 0.5) is 4.79 Å². The molecule has 0 unspecified atom stereocenters. The average Bonchev–Trinajstić information content (AvgIpc) is 2.65. The van der Waals surface area contributed by atoms with Gasteiger partial charge >= 0.3 is 6.03 Å². The fraction of sp³-hybridized carbons (Fsp3) is 0.381. The molecule has 0 saturated carbocycles. The van der Waals surface area contributed by atoms with Crippen LogP contribution in [-0.4, -0.2) is 29.6 Å². The minimum absolute atomic E-state index is 0.0857. The van der Waals surface area contributed by atoms with E-state index in [2.05, 4.69) is 53.6 Å². The average molecular weight is 337 g/mol. The van der Waals surface area contributed by atoms with Crippen LogP contribution in [0.5, 0.6) is 0 Å². The van der Waals surface area contributed by atoms with Crippen LogP contribution in [0.1, 0.15) is 30.5 Å². The molecule has 0 bridgehead atoms. The van der Waals surface area contributed by atoms with Gasteiger partial charge in [-0.15, -0.1) is 0 Å². The molecule has 1 aliphatic heterocycles. The van der Waals surface area contributed by atoms with Gasteiger partial charge in [-0.3, -0.25) is 4.90 Å². The molecule has 4 heteroatoms. The Hall–Kier alpha value is -2.33. The zero-order valence-corrected chi connectivity index (χ0v) is 15.1. The zero-order chi connectivity index (χ0) is 17.7. The number of fused-ring (bicyclic) bond motifs is 1. The molecule has 25 heavy (non-hydrogen) atoms. The van der Waals surface area contributed by atoms with Gasteiger partial charge in [-0.25, -0.2) is 4.79 Å². The Morgan fingerprint density at radius 2 is 1.68 bits per heavy atom. The lowest BCUT2D eigenvalue weighted by molar-refractivity contribution is 0.104. The number of carbonyl (C=O) groups is 1. The first-order valence-corrected chi connectivity index (χ1v) is 8.92. The Morgan fingerprint density at radius 3 is 2.44 bits per heavy atom. The first kappa shape index (κ1) is 17.5. The molecule has 0 aliphatic carbocycles. The van der Waals surface area contributed by atoms with Crippen molar-refractivity contribution in [3.63, 3.8) is 0 Å². The van der Waals surface area contributed by atoms with Gasteiger partial charge in [0.2, 0.25) is 0 Å². The van der Waals surface area contributed by atoms with Crippen LogP contribution in [-0.2, 0) is 19.5 Å². The number of carbonyl (C=O) groups excluding carboxylic acids is 1. The van der Waals surface area contributed by atoms with Gasteiger partial charge in [-0.05, 0) is 37.0 Å². The highest BCUT2D eigenvalue weighted by Crippen LogP contribution is 2.24. The largest absolute Gasteiger partial charge is 0.336 e. The number of benzene rings is 2. The molecule has 0 saturated heterocycles. The summed E-state index contributed by atoms with van der Waals surface area (Å²) in [7, 11) is 0. The molecule has 0 atom stereocenters. The van der Waals surface area contributed by atoms with Crippen molar-refractivity contribution in [2.75, 3.05) is 13.1 Å². The predicted molar refractivity (Wildman–Crippen MR) is 101 cm³/mol. The summed E-state index contributed by atoms with van der Waals surface area (Å²) in [6, 6.07) is 18.5. The smallest absolute Gasteiger partial charge is 0.315 e. The van der Waals surface area contributed by atoms with Crippen molar-refractivity contribution in [1.29, 1.82) is 0 Å². The second-order valence-electron chi connectivity index (χ2n) is 7.27. The van der Waals surface area contributed by atoms with E-state index in [-0.39, 0.29) is 11.6 Å². The summed E-state index contributed by atoms with van der Waals surface area (Å²) in [5.74, 6) is 0. The van der Waals surface area contributed by atoms with Crippen LogP contribution in [0, 0.1) is 0 Å². The van der Waals surface area contributed by atoms with E-state index >= 15 is 0 Å². The Labute approximate surface area is 150 Å². The Kier molecular flexibility index (Phi) is 5.39. The highest BCUT2D eigenvalue weighted by Gasteiger charge is 2.29. The molecule has 0 fully saturated rings. The molecular formula is C21H27N3O. The van der Waals surface area contributed by atoms with Crippen LogP contribution >= 0.6 is 0 Å². The molecule has 0 spiro atoms. The van der Waals surface area contributed by atoms with E-state index in [1.165, 1.54) is 11.1 Å². The summed E-state index contributed by atoms with van der Waals surface area (Å²) < 4.78 is 0. The van der Waals surface area contributed by atoms with E-state index in [0.29, 0.717) is 13.1 Å². The molecular weight excluding hydrogens is 310 g/mol. The van der Waals surface area contributed by atoms with E-state index in [9.17, 15) is 4.79 Å². The molecule has 132 valence electrons. The molecule has 2 aromatic carbocycles. The number of hydrogen-bond acceptors (Lipinski definition) is 2. The maximum absolute atomic E-state index is 12.1. The Bertz CT molecular complexity index is 712. The summed E-state index contributed by atoms with van der Waals surface area (Å²) in [5.41, 5.74) is 3.86. The van der Waals surface area contributed by atoms with E-state index < -0.39 is 0 Å². The van der Waals surface area contributed by atoms with Gasteiger partial charge in [0.25, 0.3) is 0 Å². The van der Waals surface area contributed by atoms with Gasteiger partial charge in [0.1, 0.15) is 0 Å². The minimum atomic E-state index is -0.116. The predicted octanol–water partition coefficient (Wildman–Crippen LogP) is 3.32. The second kappa shape index (κ2) is 7.70. The summed E-state index contributed by atoms with van der Waals surface area (Å²) in [5, 5.41) is 5.94. The maximum Gasteiger partial charge on any atom is 0.315 e. The van der Waals surface area contributed by atoms with E-state index in [1.807, 2.05) is 30.3 Å².